The SMILES string of the molecule is O=C(NC1CC1)[C@@H]1[C@H](C(=O)O)[C@@H]2CC[C@H]1O2. The van der Waals surface area contributed by atoms with Crippen molar-refractivity contribution in [3.05, 3.63) is 0 Å². The molecule has 2 bridgehead atoms. The molecular formula is C11H15NO4. The summed E-state index contributed by atoms with van der Waals surface area (Å²) in [4.78, 5) is 23.1. The van der Waals surface area contributed by atoms with Gasteiger partial charge in [0.15, 0.2) is 0 Å². The second-order valence-corrected chi connectivity index (χ2v) is 4.96. The van der Waals surface area contributed by atoms with Gasteiger partial charge in [0.1, 0.15) is 0 Å². The minimum atomic E-state index is -0.900. The summed E-state index contributed by atoms with van der Waals surface area (Å²) in [5.41, 5.74) is 0. The molecule has 2 heterocycles. The molecule has 0 radical (unpaired) electrons. The zero-order valence-corrected chi connectivity index (χ0v) is 8.89. The minimum Gasteiger partial charge on any atom is -0.481 e. The molecule has 5 nitrogen and oxygen atoms in total. The maximum absolute atomic E-state index is 11.9. The van der Waals surface area contributed by atoms with E-state index in [0.717, 1.165) is 25.7 Å². The maximum atomic E-state index is 11.9. The number of nitrogens with one attached hydrogen (secondary N) is 1. The fourth-order valence-corrected chi connectivity index (χ4v) is 2.85. The van der Waals surface area contributed by atoms with E-state index in [1.807, 2.05) is 0 Å². The van der Waals surface area contributed by atoms with Crippen molar-refractivity contribution in [2.75, 3.05) is 0 Å². The average Bonchev–Trinajstić information content (AvgIpc) is 2.81. The Morgan fingerprint density at radius 2 is 1.69 bits per heavy atom. The molecule has 16 heavy (non-hydrogen) atoms. The van der Waals surface area contributed by atoms with Gasteiger partial charge < -0.3 is 15.2 Å². The summed E-state index contributed by atoms with van der Waals surface area (Å²) < 4.78 is 5.54. The largest absolute Gasteiger partial charge is 0.481 e. The van der Waals surface area contributed by atoms with Crippen molar-refractivity contribution in [2.24, 2.45) is 11.8 Å². The zero-order valence-electron chi connectivity index (χ0n) is 8.89. The third kappa shape index (κ3) is 1.50. The molecule has 0 aromatic rings. The second-order valence-electron chi connectivity index (χ2n) is 4.96. The van der Waals surface area contributed by atoms with Crippen LogP contribution in [0, 0.1) is 11.8 Å². The highest BCUT2D eigenvalue weighted by atomic mass is 16.5. The predicted octanol–water partition coefficient (Wildman–Crippen LogP) is 0.143. The van der Waals surface area contributed by atoms with E-state index in [1.165, 1.54) is 0 Å². The topological polar surface area (TPSA) is 75.6 Å². The first-order valence-corrected chi connectivity index (χ1v) is 5.85. The van der Waals surface area contributed by atoms with Crippen LogP contribution in [0.1, 0.15) is 25.7 Å². The highest BCUT2D eigenvalue weighted by Crippen LogP contribution is 2.43. The average molecular weight is 225 g/mol. The second kappa shape index (κ2) is 3.45. The van der Waals surface area contributed by atoms with Gasteiger partial charge >= 0.3 is 5.97 Å². The van der Waals surface area contributed by atoms with Gasteiger partial charge in [-0.15, -0.1) is 0 Å². The lowest BCUT2D eigenvalue weighted by atomic mass is 9.78. The highest BCUT2D eigenvalue weighted by molar-refractivity contribution is 5.86. The number of fused-ring (bicyclic) bond motifs is 2. The number of carboxylic acids is 1. The normalized spacial score (nSPS) is 41.0. The highest BCUT2D eigenvalue weighted by Gasteiger charge is 2.55. The molecule has 0 unspecified atom stereocenters. The molecule has 3 fully saturated rings. The van der Waals surface area contributed by atoms with Crippen LogP contribution < -0.4 is 5.32 Å². The first-order valence-electron chi connectivity index (χ1n) is 5.85. The Balaban J connectivity index is 1.75. The Labute approximate surface area is 93.2 Å². The summed E-state index contributed by atoms with van der Waals surface area (Å²) in [6.45, 7) is 0. The Hall–Kier alpha value is -1.10. The molecule has 3 rings (SSSR count). The fourth-order valence-electron chi connectivity index (χ4n) is 2.85. The van der Waals surface area contributed by atoms with Gasteiger partial charge in [-0.05, 0) is 25.7 Å². The number of ether oxygens (including phenoxy) is 1. The Morgan fingerprint density at radius 3 is 2.25 bits per heavy atom. The van der Waals surface area contributed by atoms with Gasteiger partial charge in [0.05, 0.1) is 24.0 Å². The minimum absolute atomic E-state index is 0.123. The Morgan fingerprint density at radius 1 is 1.06 bits per heavy atom. The van der Waals surface area contributed by atoms with Gasteiger partial charge in [0.25, 0.3) is 0 Å². The van der Waals surface area contributed by atoms with E-state index in [1.54, 1.807) is 0 Å². The summed E-state index contributed by atoms with van der Waals surface area (Å²) in [7, 11) is 0. The van der Waals surface area contributed by atoms with Gasteiger partial charge in [-0.1, -0.05) is 0 Å². The molecule has 5 heteroatoms. The number of carboxylic acid groups (broad SMARTS) is 1. The van der Waals surface area contributed by atoms with Crippen molar-refractivity contribution in [1.29, 1.82) is 0 Å². The van der Waals surface area contributed by atoms with Gasteiger partial charge in [-0.3, -0.25) is 9.59 Å². The van der Waals surface area contributed by atoms with Crippen molar-refractivity contribution in [3.63, 3.8) is 0 Å². The van der Waals surface area contributed by atoms with Crippen LogP contribution in [-0.4, -0.2) is 35.2 Å². The number of carbonyl (C=O) groups is 2. The molecule has 0 aromatic carbocycles. The lowest BCUT2D eigenvalue weighted by molar-refractivity contribution is -0.147. The van der Waals surface area contributed by atoms with Crippen molar-refractivity contribution < 1.29 is 19.4 Å². The van der Waals surface area contributed by atoms with Crippen molar-refractivity contribution in [2.45, 2.75) is 43.9 Å². The van der Waals surface area contributed by atoms with E-state index in [-0.39, 0.29) is 24.2 Å². The summed E-state index contributed by atoms with van der Waals surface area (Å²) in [6, 6.07) is 0.279. The molecular weight excluding hydrogens is 210 g/mol. The third-order valence-corrected chi connectivity index (χ3v) is 3.78. The first-order chi connectivity index (χ1) is 7.66. The van der Waals surface area contributed by atoms with Crippen LogP contribution in [0.3, 0.4) is 0 Å². The Bertz CT molecular complexity index is 339. The molecule has 0 aromatic heterocycles. The van der Waals surface area contributed by atoms with Crippen LogP contribution in [0.2, 0.25) is 0 Å². The van der Waals surface area contributed by atoms with E-state index in [9.17, 15) is 9.59 Å². The molecule has 1 amide bonds. The number of hydrogen-bond acceptors (Lipinski definition) is 3. The van der Waals surface area contributed by atoms with Crippen LogP contribution in [0.5, 0.6) is 0 Å². The van der Waals surface area contributed by atoms with E-state index in [0.29, 0.717) is 0 Å². The lowest BCUT2D eigenvalue weighted by Crippen LogP contribution is -2.44. The monoisotopic (exact) mass is 225 g/mol. The van der Waals surface area contributed by atoms with Gasteiger partial charge in [0, 0.05) is 6.04 Å². The molecule has 88 valence electrons. The van der Waals surface area contributed by atoms with Crippen molar-refractivity contribution >= 4 is 11.9 Å². The Kier molecular flexibility index (Phi) is 2.17. The van der Waals surface area contributed by atoms with Crippen LogP contribution in [0.25, 0.3) is 0 Å². The maximum Gasteiger partial charge on any atom is 0.310 e. The van der Waals surface area contributed by atoms with E-state index >= 15 is 0 Å². The quantitative estimate of drug-likeness (QED) is 0.716. The predicted molar refractivity (Wildman–Crippen MR) is 53.7 cm³/mol. The van der Waals surface area contributed by atoms with Crippen LogP contribution >= 0.6 is 0 Å². The van der Waals surface area contributed by atoms with Gasteiger partial charge in [-0.2, -0.15) is 0 Å². The third-order valence-electron chi connectivity index (χ3n) is 3.78. The molecule has 2 saturated heterocycles. The zero-order chi connectivity index (χ0) is 11.3. The molecule has 2 aliphatic heterocycles. The molecule has 0 spiro atoms. The first kappa shape index (κ1) is 10.1. The fraction of sp³-hybridized carbons (Fsp3) is 0.818. The van der Waals surface area contributed by atoms with Crippen LogP contribution in [0.4, 0.5) is 0 Å². The van der Waals surface area contributed by atoms with E-state index in [4.69, 9.17) is 9.84 Å². The number of amides is 1. The summed E-state index contributed by atoms with van der Waals surface area (Å²) in [6.07, 6.45) is 3.20. The molecule has 4 atom stereocenters. The molecule has 1 saturated carbocycles. The summed E-state index contributed by atoms with van der Waals surface area (Å²) in [5.74, 6) is -2.14. The van der Waals surface area contributed by atoms with Gasteiger partial charge in [-0.25, -0.2) is 0 Å². The molecule has 1 aliphatic carbocycles. The molecule has 3 aliphatic rings. The number of carbonyl (C=O) groups excluding carboxylic acids is 1. The van der Waals surface area contributed by atoms with Crippen molar-refractivity contribution in [3.8, 4) is 0 Å². The van der Waals surface area contributed by atoms with Crippen molar-refractivity contribution in [1.82, 2.24) is 5.32 Å². The number of aliphatic carboxylic acids is 1. The van der Waals surface area contributed by atoms with E-state index < -0.39 is 17.8 Å². The van der Waals surface area contributed by atoms with E-state index in [2.05, 4.69) is 5.32 Å². The molecule has 2 N–H and O–H groups in total. The number of hydrogen-bond donors (Lipinski definition) is 2. The van der Waals surface area contributed by atoms with Crippen LogP contribution in [0.15, 0.2) is 0 Å². The smallest absolute Gasteiger partial charge is 0.310 e. The lowest BCUT2D eigenvalue weighted by Gasteiger charge is -2.23. The number of rotatable bonds is 3. The standard InChI is InChI=1S/C11H15NO4/c13-10(12-5-1-2-5)8-6-3-4-7(16-6)9(8)11(14)15/h5-9H,1-4H2,(H,12,13)(H,14,15)/t6-,7+,8+,9-/m1/s1. The summed E-state index contributed by atoms with van der Waals surface area (Å²) in [5, 5.41) is 12.0. The van der Waals surface area contributed by atoms with Gasteiger partial charge in [0.2, 0.25) is 5.91 Å². The van der Waals surface area contributed by atoms with Crippen LogP contribution in [-0.2, 0) is 14.3 Å². The summed E-state index contributed by atoms with van der Waals surface area (Å²) >= 11 is 0.